The van der Waals surface area contributed by atoms with E-state index in [4.69, 9.17) is 14.2 Å². The van der Waals surface area contributed by atoms with E-state index in [0.29, 0.717) is 19.3 Å². The van der Waals surface area contributed by atoms with Crippen LogP contribution in [-0.2, 0) is 28.6 Å². The van der Waals surface area contributed by atoms with Gasteiger partial charge in [0, 0.05) is 19.3 Å². The molecule has 0 bridgehead atoms. The van der Waals surface area contributed by atoms with Crippen molar-refractivity contribution in [2.45, 2.75) is 348 Å². The lowest BCUT2D eigenvalue weighted by molar-refractivity contribution is -0.167. The van der Waals surface area contributed by atoms with E-state index >= 15 is 0 Å². The maximum atomic E-state index is 12.9. The van der Waals surface area contributed by atoms with Gasteiger partial charge in [-0.25, -0.2) is 0 Å². The Hall–Kier alpha value is -2.11. The van der Waals surface area contributed by atoms with Crippen molar-refractivity contribution in [3.8, 4) is 0 Å². The van der Waals surface area contributed by atoms with Crippen molar-refractivity contribution in [3.63, 3.8) is 0 Å². The predicted molar refractivity (Wildman–Crippen MR) is 298 cm³/mol. The zero-order chi connectivity index (χ0) is 50.0. The Bertz CT molecular complexity index is 1110. The van der Waals surface area contributed by atoms with E-state index in [0.717, 1.165) is 77.0 Å². The van der Waals surface area contributed by atoms with Crippen LogP contribution in [-0.4, -0.2) is 37.2 Å². The molecule has 0 N–H and O–H groups in total. The van der Waals surface area contributed by atoms with Gasteiger partial charge in [-0.3, -0.25) is 14.4 Å². The Morgan fingerprint density at radius 3 is 0.841 bits per heavy atom. The molecule has 0 fully saturated rings. The first-order valence-electron chi connectivity index (χ1n) is 30.8. The third-order valence-electron chi connectivity index (χ3n) is 14.0. The van der Waals surface area contributed by atoms with E-state index in [9.17, 15) is 14.4 Å². The number of ether oxygens (including phenoxy) is 3. The van der Waals surface area contributed by atoms with Gasteiger partial charge in [0.2, 0.25) is 0 Å². The molecule has 0 saturated carbocycles. The van der Waals surface area contributed by atoms with Crippen LogP contribution in [0.2, 0.25) is 0 Å². The third kappa shape index (κ3) is 56.7. The van der Waals surface area contributed by atoms with Crippen LogP contribution in [0.25, 0.3) is 0 Å². The summed E-state index contributed by atoms with van der Waals surface area (Å²) in [6.07, 6.45) is 68.9. The quantitative estimate of drug-likeness (QED) is 0.0261. The molecular weight excluding hydrogens is 853 g/mol. The molecule has 1 atom stereocenters. The van der Waals surface area contributed by atoms with Crippen LogP contribution < -0.4 is 0 Å². The Balaban J connectivity index is 4.30. The van der Waals surface area contributed by atoms with Crippen molar-refractivity contribution in [2.75, 3.05) is 13.2 Å². The van der Waals surface area contributed by atoms with Crippen molar-refractivity contribution in [3.05, 3.63) is 24.3 Å². The molecule has 0 aromatic heterocycles. The Morgan fingerprint density at radius 2 is 0.536 bits per heavy atom. The number of carbonyl (C=O) groups is 3. The minimum atomic E-state index is -0.772. The second kappa shape index (κ2) is 58.5. The first-order chi connectivity index (χ1) is 34.0. The van der Waals surface area contributed by atoms with Gasteiger partial charge in [-0.1, -0.05) is 302 Å². The molecule has 6 nitrogen and oxygen atoms in total. The fourth-order valence-electron chi connectivity index (χ4n) is 9.29. The van der Waals surface area contributed by atoms with Gasteiger partial charge in [-0.15, -0.1) is 0 Å². The number of rotatable bonds is 57. The predicted octanol–water partition coefficient (Wildman–Crippen LogP) is 20.7. The summed E-state index contributed by atoms with van der Waals surface area (Å²) in [6.45, 7) is 6.65. The number of hydrogen-bond donors (Lipinski definition) is 0. The highest BCUT2D eigenvalue weighted by molar-refractivity contribution is 5.71. The zero-order valence-electron chi connectivity index (χ0n) is 46.6. The number of esters is 3. The fourth-order valence-corrected chi connectivity index (χ4v) is 9.29. The van der Waals surface area contributed by atoms with Crippen molar-refractivity contribution in [2.24, 2.45) is 0 Å². The molecule has 0 unspecified atom stereocenters. The summed E-state index contributed by atoms with van der Waals surface area (Å²) < 4.78 is 16.9. The van der Waals surface area contributed by atoms with E-state index in [1.807, 2.05) is 0 Å². The minimum absolute atomic E-state index is 0.0697. The Morgan fingerprint density at radius 1 is 0.290 bits per heavy atom. The molecule has 0 aliphatic rings. The summed E-state index contributed by atoms with van der Waals surface area (Å²) in [5, 5.41) is 0. The van der Waals surface area contributed by atoms with Crippen molar-refractivity contribution >= 4 is 17.9 Å². The van der Waals surface area contributed by atoms with Gasteiger partial charge in [-0.2, -0.15) is 0 Å². The number of unbranched alkanes of at least 4 members (excludes halogenated alkanes) is 42. The van der Waals surface area contributed by atoms with E-state index in [2.05, 4.69) is 45.1 Å². The molecule has 0 aromatic rings. The molecule has 0 rings (SSSR count). The maximum Gasteiger partial charge on any atom is 0.306 e. The van der Waals surface area contributed by atoms with Crippen molar-refractivity contribution < 1.29 is 28.6 Å². The largest absolute Gasteiger partial charge is 0.462 e. The number of carbonyl (C=O) groups excluding carboxylic acids is 3. The normalized spacial score (nSPS) is 12.1. The molecule has 0 radical (unpaired) electrons. The average molecular weight is 972 g/mol. The summed E-state index contributed by atoms with van der Waals surface area (Å²) in [4.78, 5) is 38.2. The maximum absolute atomic E-state index is 12.9. The lowest BCUT2D eigenvalue weighted by atomic mass is 10.0. The molecule has 0 heterocycles. The molecule has 0 saturated heterocycles. The van der Waals surface area contributed by atoms with E-state index in [1.54, 1.807) is 0 Å². The summed E-state index contributed by atoms with van der Waals surface area (Å²) in [6, 6.07) is 0. The van der Waals surface area contributed by atoms with Gasteiger partial charge in [0.05, 0.1) is 0 Å². The molecule has 0 aliphatic heterocycles. The standard InChI is InChI=1S/C63H118O6/c1-4-7-10-13-16-19-22-25-28-30-32-34-35-38-41-44-47-50-53-56-62(65)68-59-60(58-67-61(64)55-52-49-46-43-40-37-27-24-21-18-15-12-9-6-3)69-63(66)57-54-51-48-45-42-39-36-33-31-29-26-23-20-17-14-11-8-5-2/h15,18,24,27,60H,4-14,16-17,19-23,25-26,28-59H2,1-3H3/b18-15+,27-24+/t60-/m1/s1. The Labute approximate surface area is 430 Å². The van der Waals surface area contributed by atoms with Gasteiger partial charge in [0.1, 0.15) is 13.2 Å². The second-order valence-electron chi connectivity index (χ2n) is 21.0. The SMILES string of the molecule is CCCC/C=C/C/C=C/CCCCCCCC(=O)OC[C@H](COC(=O)CCCCCCCCCCCCCCCCCCCCC)OC(=O)CCCCCCCCCCCCCCCCCCCC. The summed E-state index contributed by atoms with van der Waals surface area (Å²) in [5.74, 6) is -0.858. The van der Waals surface area contributed by atoms with Gasteiger partial charge < -0.3 is 14.2 Å². The summed E-state index contributed by atoms with van der Waals surface area (Å²) >= 11 is 0. The second-order valence-corrected chi connectivity index (χ2v) is 21.0. The highest BCUT2D eigenvalue weighted by Crippen LogP contribution is 2.18. The highest BCUT2D eigenvalue weighted by atomic mass is 16.6. The minimum Gasteiger partial charge on any atom is -0.462 e. The van der Waals surface area contributed by atoms with Gasteiger partial charge in [0.15, 0.2) is 6.10 Å². The molecule has 0 aromatic carbocycles. The molecule has 0 amide bonds. The number of allylic oxidation sites excluding steroid dienone is 4. The van der Waals surface area contributed by atoms with Crippen molar-refractivity contribution in [1.29, 1.82) is 0 Å². The lowest BCUT2D eigenvalue weighted by Crippen LogP contribution is -2.30. The topological polar surface area (TPSA) is 78.9 Å². The smallest absolute Gasteiger partial charge is 0.306 e. The fraction of sp³-hybridized carbons (Fsp3) is 0.889. The summed E-state index contributed by atoms with van der Waals surface area (Å²) in [5.41, 5.74) is 0. The first kappa shape index (κ1) is 66.9. The average Bonchev–Trinajstić information content (AvgIpc) is 3.35. The number of hydrogen-bond acceptors (Lipinski definition) is 6. The highest BCUT2D eigenvalue weighted by Gasteiger charge is 2.19. The molecule has 0 spiro atoms. The first-order valence-corrected chi connectivity index (χ1v) is 30.8. The summed E-state index contributed by atoms with van der Waals surface area (Å²) in [7, 11) is 0. The van der Waals surface area contributed by atoms with Crippen LogP contribution in [0, 0.1) is 0 Å². The van der Waals surface area contributed by atoms with Crippen LogP contribution in [0.3, 0.4) is 0 Å². The monoisotopic (exact) mass is 971 g/mol. The third-order valence-corrected chi connectivity index (χ3v) is 14.0. The molecule has 0 aliphatic carbocycles. The van der Waals surface area contributed by atoms with Crippen LogP contribution in [0.5, 0.6) is 0 Å². The van der Waals surface area contributed by atoms with Crippen LogP contribution in [0.15, 0.2) is 24.3 Å². The molecular formula is C63H118O6. The van der Waals surface area contributed by atoms with Crippen LogP contribution in [0.4, 0.5) is 0 Å². The van der Waals surface area contributed by atoms with Gasteiger partial charge in [0.25, 0.3) is 0 Å². The van der Waals surface area contributed by atoms with Gasteiger partial charge >= 0.3 is 17.9 Å². The van der Waals surface area contributed by atoms with Gasteiger partial charge in [-0.05, 0) is 44.9 Å². The molecule has 406 valence electrons. The molecule has 69 heavy (non-hydrogen) atoms. The lowest BCUT2D eigenvalue weighted by Gasteiger charge is -2.18. The van der Waals surface area contributed by atoms with Crippen LogP contribution >= 0.6 is 0 Å². The molecule has 6 heteroatoms. The zero-order valence-corrected chi connectivity index (χ0v) is 46.6. The van der Waals surface area contributed by atoms with E-state index < -0.39 is 6.10 Å². The van der Waals surface area contributed by atoms with E-state index in [1.165, 1.54) is 225 Å². The van der Waals surface area contributed by atoms with Crippen molar-refractivity contribution in [1.82, 2.24) is 0 Å². The van der Waals surface area contributed by atoms with E-state index in [-0.39, 0.29) is 31.1 Å². The van der Waals surface area contributed by atoms with Crippen LogP contribution in [0.1, 0.15) is 342 Å². The Kier molecular flexibility index (Phi) is 56.7.